The minimum Gasteiger partial charge on any atom is -0.461 e. The highest BCUT2D eigenvalue weighted by molar-refractivity contribution is 5.78. The Bertz CT molecular complexity index is 527. The van der Waals surface area contributed by atoms with Crippen LogP contribution in [0.15, 0.2) is 11.6 Å². The first-order valence-electron chi connectivity index (χ1n) is 7.85. The zero-order valence-electron chi connectivity index (χ0n) is 13.2. The number of rotatable bonds is 0. The molecule has 3 aliphatic rings. The van der Waals surface area contributed by atoms with E-state index in [-0.39, 0.29) is 18.8 Å². The van der Waals surface area contributed by atoms with E-state index < -0.39 is 29.4 Å². The molecule has 2 saturated heterocycles. The fourth-order valence-corrected chi connectivity index (χ4v) is 3.51. The van der Waals surface area contributed by atoms with Gasteiger partial charge in [-0.05, 0) is 32.8 Å². The quantitative estimate of drug-likeness (QED) is 0.518. The predicted octanol–water partition coefficient (Wildman–Crippen LogP) is 0.492. The van der Waals surface area contributed by atoms with Crippen molar-refractivity contribution in [3.05, 3.63) is 11.6 Å². The van der Waals surface area contributed by atoms with Gasteiger partial charge in [0.1, 0.15) is 12.7 Å². The van der Waals surface area contributed by atoms with Gasteiger partial charge in [0.05, 0.1) is 23.5 Å². The van der Waals surface area contributed by atoms with Gasteiger partial charge in [-0.15, -0.1) is 0 Å². The molecule has 3 aliphatic heterocycles. The van der Waals surface area contributed by atoms with Gasteiger partial charge in [0.25, 0.3) is 0 Å². The van der Waals surface area contributed by atoms with Crippen LogP contribution in [-0.2, 0) is 19.1 Å². The summed E-state index contributed by atoms with van der Waals surface area (Å²) in [5.74, 6) is -2.53. The number of hydrogen-bond acceptors (Lipinski definition) is 6. The van der Waals surface area contributed by atoms with Crippen LogP contribution in [0, 0.1) is 11.8 Å². The predicted molar refractivity (Wildman–Crippen MR) is 77.9 cm³/mol. The third kappa shape index (κ3) is 2.34. The summed E-state index contributed by atoms with van der Waals surface area (Å²) in [5.41, 5.74) is -0.509. The topological polar surface area (TPSA) is 76.1 Å². The van der Waals surface area contributed by atoms with Gasteiger partial charge in [-0.2, -0.15) is 0 Å². The van der Waals surface area contributed by atoms with Crippen LogP contribution in [0.5, 0.6) is 0 Å². The van der Waals surface area contributed by atoms with Crippen molar-refractivity contribution in [3.8, 4) is 0 Å². The minimum absolute atomic E-state index is 0.00213. The molecule has 1 N–H and O–H groups in total. The van der Waals surface area contributed by atoms with E-state index in [1.165, 1.54) is 6.92 Å². The molecule has 5 atom stereocenters. The molecule has 122 valence electrons. The third-order valence-corrected chi connectivity index (χ3v) is 5.52. The second-order valence-electron chi connectivity index (χ2n) is 6.76. The van der Waals surface area contributed by atoms with Gasteiger partial charge in [0.15, 0.2) is 0 Å². The fourth-order valence-electron chi connectivity index (χ4n) is 3.51. The first-order chi connectivity index (χ1) is 10.3. The SMILES string of the molecule is C[C@@H]1C(=O)OCC2=CCN3CC[C@@H](OC(=O)[C@H](C)[C@@]1(C)O)[C@H]23. The second-order valence-corrected chi connectivity index (χ2v) is 6.76. The number of carbonyl (C=O) groups is 2. The van der Waals surface area contributed by atoms with Gasteiger partial charge in [-0.1, -0.05) is 6.08 Å². The summed E-state index contributed by atoms with van der Waals surface area (Å²) >= 11 is 0. The summed E-state index contributed by atoms with van der Waals surface area (Å²) < 4.78 is 11.1. The van der Waals surface area contributed by atoms with Crippen LogP contribution in [0.3, 0.4) is 0 Å². The van der Waals surface area contributed by atoms with Crippen LogP contribution in [0.4, 0.5) is 0 Å². The molecule has 0 spiro atoms. The summed E-state index contributed by atoms with van der Waals surface area (Å²) in [6.45, 7) is 6.53. The average molecular weight is 309 g/mol. The molecular weight excluding hydrogens is 286 g/mol. The summed E-state index contributed by atoms with van der Waals surface area (Å²) in [4.78, 5) is 26.8. The molecule has 0 bridgehead atoms. The van der Waals surface area contributed by atoms with Crippen LogP contribution in [-0.4, -0.2) is 59.4 Å². The van der Waals surface area contributed by atoms with Gasteiger partial charge < -0.3 is 14.6 Å². The van der Waals surface area contributed by atoms with E-state index >= 15 is 0 Å². The Morgan fingerprint density at radius 3 is 2.68 bits per heavy atom. The highest BCUT2D eigenvalue weighted by Gasteiger charge is 2.48. The molecule has 0 aromatic carbocycles. The minimum atomic E-state index is -1.50. The van der Waals surface area contributed by atoms with E-state index in [9.17, 15) is 14.7 Å². The van der Waals surface area contributed by atoms with Crippen molar-refractivity contribution >= 4 is 11.9 Å². The van der Waals surface area contributed by atoms with Crippen molar-refractivity contribution in [1.82, 2.24) is 4.90 Å². The van der Waals surface area contributed by atoms with Crippen LogP contribution >= 0.6 is 0 Å². The summed E-state index contributed by atoms with van der Waals surface area (Å²) in [6, 6.07) is 0.00213. The molecule has 2 fully saturated rings. The van der Waals surface area contributed by atoms with Crippen LogP contribution < -0.4 is 0 Å². The standard InChI is InChI=1S/C16H23NO5/c1-9-14(18)21-8-11-4-6-17-7-5-12(13(11)17)22-15(19)10(2)16(9,3)20/h4,9-10,12-13,20H,5-8H2,1-3H3/t9-,10+,12-,13+,16+/m1/s1. The smallest absolute Gasteiger partial charge is 0.311 e. The molecule has 6 nitrogen and oxygen atoms in total. The van der Waals surface area contributed by atoms with Gasteiger partial charge in [-0.3, -0.25) is 14.5 Å². The summed E-state index contributed by atoms with van der Waals surface area (Å²) in [7, 11) is 0. The maximum Gasteiger partial charge on any atom is 0.311 e. The van der Waals surface area contributed by atoms with Gasteiger partial charge in [-0.25, -0.2) is 0 Å². The number of nitrogens with zero attached hydrogens (tertiary/aromatic N) is 1. The lowest BCUT2D eigenvalue weighted by molar-refractivity contribution is -0.171. The Morgan fingerprint density at radius 2 is 1.95 bits per heavy atom. The summed E-state index contributed by atoms with van der Waals surface area (Å²) in [5, 5.41) is 10.6. The Balaban J connectivity index is 1.92. The van der Waals surface area contributed by atoms with E-state index in [4.69, 9.17) is 9.47 Å². The van der Waals surface area contributed by atoms with E-state index in [2.05, 4.69) is 4.90 Å². The molecule has 0 aromatic heterocycles. The lowest BCUT2D eigenvalue weighted by Crippen LogP contribution is -2.48. The molecule has 0 aromatic rings. The van der Waals surface area contributed by atoms with Crippen molar-refractivity contribution in [1.29, 1.82) is 0 Å². The molecule has 22 heavy (non-hydrogen) atoms. The number of esters is 2. The third-order valence-electron chi connectivity index (χ3n) is 5.52. The molecule has 6 heteroatoms. The van der Waals surface area contributed by atoms with Gasteiger partial charge in [0.2, 0.25) is 0 Å². The lowest BCUT2D eigenvalue weighted by Gasteiger charge is -2.33. The Hall–Kier alpha value is -1.40. The Morgan fingerprint density at radius 1 is 1.27 bits per heavy atom. The van der Waals surface area contributed by atoms with Crippen molar-refractivity contribution in [3.63, 3.8) is 0 Å². The average Bonchev–Trinajstić information content (AvgIpc) is 3.05. The number of aliphatic hydroxyl groups is 1. The molecule has 0 radical (unpaired) electrons. The zero-order chi connectivity index (χ0) is 16.1. The Kier molecular flexibility index (Phi) is 3.77. The van der Waals surface area contributed by atoms with E-state index in [1.807, 2.05) is 6.08 Å². The first-order valence-corrected chi connectivity index (χ1v) is 7.85. The van der Waals surface area contributed by atoms with E-state index in [0.717, 1.165) is 25.1 Å². The van der Waals surface area contributed by atoms with E-state index in [1.54, 1.807) is 13.8 Å². The van der Waals surface area contributed by atoms with Crippen LogP contribution in [0.25, 0.3) is 0 Å². The number of ether oxygens (including phenoxy) is 2. The molecular formula is C16H23NO5. The molecule has 0 unspecified atom stereocenters. The van der Waals surface area contributed by atoms with Crippen LogP contribution in [0.1, 0.15) is 27.2 Å². The summed E-state index contributed by atoms with van der Waals surface area (Å²) in [6.07, 6.45) is 2.58. The monoisotopic (exact) mass is 309 g/mol. The van der Waals surface area contributed by atoms with Crippen molar-refractivity contribution in [2.75, 3.05) is 19.7 Å². The maximum atomic E-state index is 12.4. The molecule has 0 saturated carbocycles. The molecule has 0 aliphatic carbocycles. The van der Waals surface area contributed by atoms with E-state index in [0.29, 0.717) is 0 Å². The van der Waals surface area contributed by atoms with Crippen molar-refractivity contribution in [2.45, 2.75) is 44.9 Å². The molecule has 3 rings (SSSR count). The molecule has 3 heterocycles. The van der Waals surface area contributed by atoms with Gasteiger partial charge in [0, 0.05) is 13.1 Å². The first kappa shape index (κ1) is 15.5. The lowest BCUT2D eigenvalue weighted by atomic mass is 9.80. The van der Waals surface area contributed by atoms with Gasteiger partial charge >= 0.3 is 11.9 Å². The second kappa shape index (κ2) is 5.35. The van der Waals surface area contributed by atoms with Crippen LogP contribution in [0.2, 0.25) is 0 Å². The number of carbonyl (C=O) groups excluding carboxylic acids is 2. The number of hydrogen-bond donors (Lipinski definition) is 1. The largest absolute Gasteiger partial charge is 0.461 e. The Labute approximate surface area is 130 Å². The highest BCUT2D eigenvalue weighted by atomic mass is 16.6. The normalized spacial score (nSPS) is 43.0. The zero-order valence-corrected chi connectivity index (χ0v) is 13.2. The molecule has 0 amide bonds. The maximum absolute atomic E-state index is 12.4. The van der Waals surface area contributed by atoms with Crippen molar-refractivity contribution in [2.24, 2.45) is 11.8 Å². The highest BCUT2D eigenvalue weighted by Crippen LogP contribution is 2.35. The number of cyclic esters (lactones) is 1. The van der Waals surface area contributed by atoms with Crippen molar-refractivity contribution < 1.29 is 24.2 Å². The fraction of sp³-hybridized carbons (Fsp3) is 0.750.